The Morgan fingerprint density at radius 1 is 1.15 bits per heavy atom. The van der Waals surface area contributed by atoms with E-state index in [2.05, 4.69) is 10.6 Å². The maximum absolute atomic E-state index is 12.3. The second-order valence-electron chi connectivity index (χ2n) is 7.45. The highest BCUT2D eigenvalue weighted by Gasteiger charge is 2.26. The summed E-state index contributed by atoms with van der Waals surface area (Å²) in [4.78, 5) is 25.7. The Hall–Kier alpha value is -1.47. The SMILES string of the molecule is COC(=O)c1c(NC(=S)NC(=O)CCC2CCCCC2)sc2c1CCCC2. The van der Waals surface area contributed by atoms with Gasteiger partial charge in [0, 0.05) is 11.3 Å². The van der Waals surface area contributed by atoms with Crippen molar-refractivity contribution in [3.05, 3.63) is 16.0 Å². The number of hydrogen-bond donors (Lipinski definition) is 2. The van der Waals surface area contributed by atoms with Gasteiger partial charge in [-0.15, -0.1) is 11.3 Å². The number of aryl methyl sites for hydroxylation is 1. The van der Waals surface area contributed by atoms with Crippen LogP contribution in [0.3, 0.4) is 0 Å². The molecule has 3 rings (SSSR count). The first-order chi connectivity index (χ1) is 13.1. The third-order valence-corrected chi connectivity index (χ3v) is 6.96. The third-order valence-electron chi connectivity index (χ3n) is 5.55. The van der Waals surface area contributed by atoms with E-state index in [0.29, 0.717) is 22.9 Å². The topological polar surface area (TPSA) is 67.4 Å². The number of anilines is 1. The van der Waals surface area contributed by atoms with E-state index in [0.717, 1.165) is 37.7 Å². The molecule has 0 saturated heterocycles. The number of esters is 1. The Balaban J connectivity index is 1.57. The first-order valence-corrected chi connectivity index (χ1v) is 11.1. The molecular weight excluding hydrogens is 380 g/mol. The third kappa shape index (κ3) is 5.29. The second kappa shape index (κ2) is 9.64. The summed E-state index contributed by atoms with van der Waals surface area (Å²) in [6.07, 6.45) is 11.9. The van der Waals surface area contributed by atoms with Crippen LogP contribution in [0, 0.1) is 5.92 Å². The van der Waals surface area contributed by atoms with Crippen molar-refractivity contribution in [2.45, 2.75) is 70.6 Å². The summed E-state index contributed by atoms with van der Waals surface area (Å²) < 4.78 is 4.97. The lowest BCUT2D eigenvalue weighted by Crippen LogP contribution is -2.34. The van der Waals surface area contributed by atoms with Crippen LogP contribution >= 0.6 is 23.6 Å². The predicted molar refractivity (Wildman–Crippen MR) is 112 cm³/mol. The fourth-order valence-electron chi connectivity index (χ4n) is 4.11. The largest absolute Gasteiger partial charge is 0.465 e. The van der Waals surface area contributed by atoms with Crippen LogP contribution in [0.4, 0.5) is 5.00 Å². The van der Waals surface area contributed by atoms with Gasteiger partial charge in [0.1, 0.15) is 5.00 Å². The Labute approximate surface area is 170 Å². The zero-order valence-electron chi connectivity index (χ0n) is 15.9. The van der Waals surface area contributed by atoms with Gasteiger partial charge >= 0.3 is 5.97 Å². The fraction of sp³-hybridized carbons (Fsp3) is 0.650. The first-order valence-electron chi connectivity index (χ1n) is 9.92. The normalized spacial score (nSPS) is 17.1. The number of hydrogen-bond acceptors (Lipinski definition) is 5. The van der Waals surface area contributed by atoms with E-state index in [1.54, 1.807) is 11.3 Å². The number of thiophene rings is 1. The van der Waals surface area contributed by atoms with E-state index in [1.165, 1.54) is 44.1 Å². The van der Waals surface area contributed by atoms with Crippen molar-refractivity contribution in [1.82, 2.24) is 5.32 Å². The van der Waals surface area contributed by atoms with Crippen LogP contribution in [0.1, 0.15) is 78.6 Å². The van der Waals surface area contributed by atoms with Crippen LogP contribution in [0.5, 0.6) is 0 Å². The summed E-state index contributed by atoms with van der Waals surface area (Å²) >= 11 is 6.86. The van der Waals surface area contributed by atoms with Crippen molar-refractivity contribution in [1.29, 1.82) is 0 Å². The highest BCUT2D eigenvalue weighted by atomic mass is 32.1. The van der Waals surface area contributed by atoms with Crippen molar-refractivity contribution in [2.75, 3.05) is 12.4 Å². The lowest BCUT2D eigenvalue weighted by molar-refractivity contribution is -0.120. The Morgan fingerprint density at radius 2 is 1.89 bits per heavy atom. The molecule has 1 aromatic rings. The Morgan fingerprint density at radius 3 is 2.63 bits per heavy atom. The van der Waals surface area contributed by atoms with Crippen LogP contribution in [0.2, 0.25) is 0 Å². The second-order valence-corrected chi connectivity index (χ2v) is 8.97. The predicted octanol–water partition coefficient (Wildman–Crippen LogP) is 4.59. The molecule has 0 atom stereocenters. The minimum absolute atomic E-state index is 0.0565. The van der Waals surface area contributed by atoms with Gasteiger partial charge in [-0.25, -0.2) is 4.79 Å². The molecular formula is C20H28N2O3S2. The highest BCUT2D eigenvalue weighted by Crippen LogP contribution is 2.38. The number of amides is 1. The van der Waals surface area contributed by atoms with Crippen LogP contribution in [0.25, 0.3) is 0 Å². The number of carbonyl (C=O) groups is 2. The molecule has 0 bridgehead atoms. The molecule has 1 amide bonds. The van der Waals surface area contributed by atoms with Crippen molar-refractivity contribution < 1.29 is 14.3 Å². The van der Waals surface area contributed by atoms with Crippen LogP contribution in [-0.4, -0.2) is 24.1 Å². The van der Waals surface area contributed by atoms with Crippen LogP contribution < -0.4 is 10.6 Å². The zero-order valence-corrected chi connectivity index (χ0v) is 17.5. The molecule has 1 heterocycles. The Bertz CT molecular complexity index is 708. The smallest absolute Gasteiger partial charge is 0.341 e. The molecule has 2 aliphatic carbocycles. The zero-order chi connectivity index (χ0) is 19.2. The molecule has 2 aliphatic rings. The maximum Gasteiger partial charge on any atom is 0.341 e. The van der Waals surface area contributed by atoms with Crippen LogP contribution in [-0.2, 0) is 22.4 Å². The minimum Gasteiger partial charge on any atom is -0.465 e. The van der Waals surface area contributed by atoms with E-state index in [1.807, 2.05) is 0 Å². The van der Waals surface area contributed by atoms with Gasteiger partial charge in [-0.1, -0.05) is 32.1 Å². The average Bonchev–Trinajstić information content (AvgIpc) is 3.04. The molecule has 5 nitrogen and oxygen atoms in total. The maximum atomic E-state index is 12.3. The summed E-state index contributed by atoms with van der Waals surface area (Å²) in [7, 11) is 1.39. The van der Waals surface area contributed by atoms with Gasteiger partial charge < -0.3 is 15.4 Å². The van der Waals surface area contributed by atoms with Crippen molar-refractivity contribution in [3.63, 3.8) is 0 Å². The summed E-state index contributed by atoms with van der Waals surface area (Å²) in [5.74, 6) is 0.267. The lowest BCUT2D eigenvalue weighted by atomic mass is 9.86. The van der Waals surface area contributed by atoms with E-state index in [9.17, 15) is 9.59 Å². The number of carbonyl (C=O) groups excluding carboxylic acids is 2. The van der Waals surface area contributed by atoms with E-state index in [-0.39, 0.29) is 17.0 Å². The monoisotopic (exact) mass is 408 g/mol. The molecule has 0 aromatic carbocycles. The molecule has 27 heavy (non-hydrogen) atoms. The quantitative estimate of drug-likeness (QED) is 0.551. The summed E-state index contributed by atoms with van der Waals surface area (Å²) in [5, 5.41) is 6.78. The van der Waals surface area contributed by atoms with Crippen molar-refractivity contribution >= 4 is 45.5 Å². The molecule has 7 heteroatoms. The summed E-state index contributed by atoms with van der Waals surface area (Å²) in [6.45, 7) is 0. The first kappa shape index (κ1) is 20.3. The molecule has 0 radical (unpaired) electrons. The molecule has 1 saturated carbocycles. The Kier molecular flexibility index (Phi) is 7.24. The fourth-order valence-corrected chi connectivity index (χ4v) is 5.67. The van der Waals surface area contributed by atoms with E-state index in [4.69, 9.17) is 17.0 Å². The van der Waals surface area contributed by atoms with Crippen LogP contribution in [0.15, 0.2) is 0 Å². The van der Waals surface area contributed by atoms with Crippen molar-refractivity contribution in [3.8, 4) is 0 Å². The van der Waals surface area contributed by atoms with E-state index < -0.39 is 0 Å². The van der Waals surface area contributed by atoms with Gasteiger partial charge in [0.25, 0.3) is 0 Å². The highest BCUT2D eigenvalue weighted by molar-refractivity contribution is 7.80. The molecule has 2 N–H and O–H groups in total. The lowest BCUT2D eigenvalue weighted by Gasteiger charge is -2.21. The van der Waals surface area contributed by atoms with Gasteiger partial charge in [-0.05, 0) is 55.8 Å². The minimum atomic E-state index is -0.344. The van der Waals surface area contributed by atoms with Gasteiger partial charge in [0.15, 0.2) is 5.11 Å². The summed E-state index contributed by atoms with van der Waals surface area (Å²) in [5.41, 5.74) is 1.66. The standard InChI is InChI=1S/C20H28N2O3S2/c1-25-19(24)17-14-9-5-6-10-15(14)27-18(17)22-20(26)21-16(23)12-11-13-7-3-2-4-8-13/h13H,2-12H2,1H3,(H2,21,22,23,26). The molecule has 0 unspecified atom stereocenters. The van der Waals surface area contributed by atoms with Crippen molar-refractivity contribution in [2.24, 2.45) is 5.92 Å². The number of nitrogens with one attached hydrogen (secondary N) is 2. The number of fused-ring (bicyclic) bond motifs is 1. The summed E-state index contributed by atoms with van der Waals surface area (Å²) in [6, 6.07) is 0. The number of ether oxygens (including phenoxy) is 1. The molecule has 148 valence electrons. The molecule has 0 spiro atoms. The molecule has 1 fully saturated rings. The van der Waals surface area contributed by atoms with Gasteiger partial charge in [0.05, 0.1) is 12.7 Å². The van der Waals surface area contributed by atoms with Gasteiger partial charge in [0.2, 0.25) is 5.91 Å². The molecule has 0 aliphatic heterocycles. The van der Waals surface area contributed by atoms with Gasteiger partial charge in [-0.3, -0.25) is 4.79 Å². The molecule has 1 aromatic heterocycles. The number of rotatable bonds is 5. The number of methoxy groups -OCH3 is 1. The average molecular weight is 409 g/mol. The van der Waals surface area contributed by atoms with Gasteiger partial charge in [-0.2, -0.15) is 0 Å². The van der Waals surface area contributed by atoms with E-state index >= 15 is 0 Å². The number of thiocarbonyl (C=S) groups is 1.